The normalized spacial score (nSPS) is 15.6. The summed E-state index contributed by atoms with van der Waals surface area (Å²) >= 11 is 5.96. The molecule has 1 unspecified atom stereocenters. The average Bonchev–Trinajstić information content (AvgIpc) is 3.19. The number of methoxy groups -OCH3 is 1. The fraction of sp³-hybridized carbons (Fsp3) is 0.208. The zero-order valence-electron chi connectivity index (χ0n) is 16.8. The molecule has 7 heteroatoms. The first-order valence-electron chi connectivity index (χ1n) is 9.96. The first-order chi connectivity index (χ1) is 15.1. The Morgan fingerprint density at radius 3 is 2.61 bits per heavy atom. The van der Waals surface area contributed by atoms with E-state index < -0.39 is 0 Å². The lowest BCUT2D eigenvalue weighted by Crippen LogP contribution is -2.32. The summed E-state index contributed by atoms with van der Waals surface area (Å²) in [6, 6.07) is 16.2. The van der Waals surface area contributed by atoms with Gasteiger partial charge in [0.2, 0.25) is 0 Å². The van der Waals surface area contributed by atoms with Gasteiger partial charge in [-0.3, -0.25) is 9.36 Å². The highest BCUT2D eigenvalue weighted by Crippen LogP contribution is 2.31. The maximum atomic E-state index is 13.2. The van der Waals surface area contributed by atoms with Crippen LogP contribution in [0.2, 0.25) is 5.02 Å². The van der Waals surface area contributed by atoms with E-state index in [0.717, 1.165) is 18.6 Å². The Bertz CT molecular complexity index is 1290. The smallest absolute Gasteiger partial charge is 0.266 e. The van der Waals surface area contributed by atoms with Crippen molar-refractivity contribution in [1.29, 1.82) is 0 Å². The number of nitrogens with zero attached hydrogens (tertiary/aromatic N) is 1. The number of halogens is 1. The lowest BCUT2D eigenvalue weighted by Gasteiger charge is -2.26. The molecule has 158 valence electrons. The van der Waals surface area contributed by atoms with Gasteiger partial charge < -0.3 is 18.6 Å². The Balaban J connectivity index is 1.48. The van der Waals surface area contributed by atoms with E-state index in [4.69, 9.17) is 30.2 Å². The van der Waals surface area contributed by atoms with Crippen molar-refractivity contribution in [1.82, 2.24) is 4.57 Å². The molecule has 0 aliphatic carbocycles. The third-order valence-corrected chi connectivity index (χ3v) is 5.61. The quantitative estimate of drug-likeness (QED) is 0.421. The van der Waals surface area contributed by atoms with Crippen LogP contribution in [0.4, 0.5) is 0 Å². The fourth-order valence-electron chi connectivity index (χ4n) is 3.52. The van der Waals surface area contributed by atoms with Crippen molar-refractivity contribution in [2.24, 2.45) is 0 Å². The molecule has 2 aromatic heterocycles. The Labute approximate surface area is 183 Å². The molecule has 2 aromatic carbocycles. The summed E-state index contributed by atoms with van der Waals surface area (Å²) in [7, 11) is 1.58. The number of pyridine rings is 1. The molecular formula is C24H20ClNO5. The number of aromatic nitrogens is 1. The molecule has 1 fully saturated rings. The molecule has 0 N–H and O–H groups in total. The highest BCUT2D eigenvalue weighted by molar-refractivity contribution is 6.30. The SMILES string of the molecule is COc1cc(-n2ccc3oc(-c4ccc(Cl)cc4)cc3c2=O)ccc1OCC1CCO1. The van der Waals surface area contributed by atoms with Crippen LogP contribution in [0.1, 0.15) is 6.42 Å². The van der Waals surface area contributed by atoms with Crippen LogP contribution < -0.4 is 15.0 Å². The van der Waals surface area contributed by atoms with Crippen molar-refractivity contribution in [2.45, 2.75) is 12.5 Å². The molecule has 1 aliphatic heterocycles. The summed E-state index contributed by atoms with van der Waals surface area (Å²) in [5.41, 5.74) is 1.87. The second-order valence-corrected chi connectivity index (χ2v) is 7.75. The molecule has 3 heterocycles. The van der Waals surface area contributed by atoms with Gasteiger partial charge in [-0.05, 0) is 48.5 Å². The molecule has 5 rings (SSSR count). The summed E-state index contributed by atoms with van der Waals surface area (Å²) in [6.45, 7) is 1.26. The number of fused-ring (bicyclic) bond motifs is 1. The number of hydrogen-bond donors (Lipinski definition) is 0. The van der Waals surface area contributed by atoms with Crippen LogP contribution in [-0.4, -0.2) is 31.0 Å². The molecule has 0 radical (unpaired) electrons. The van der Waals surface area contributed by atoms with Gasteiger partial charge in [0, 0.05) is 35.9 Å². The van der Waals surface area contributed by atoms with Gasteiger partial charge in [0.1, 0.15) is 18.0 Å². The molecule has 0 amide bonds. The lowest BCUT2D eigenvalue weighted by molar-refractivity contribution is -0.0723. The first kappa shape index (κ1) is 19.7. The van der Waals surface area contributed by atoms with E-state index in [-0.39, 0.29) is 11.7 Å². The predicted molar refractivity (Wildman–Crippen MR) is 119 cm³/mol. The van der Waals surface area contributed by atoms with Gasteiger partial charge in [-0.2, -0.15) is 0 Å². The van der Waals surface area contributed by atoms with Crippen LogP contribution in [0, 0.1) is 0 Å². The van der Waals surface area contributed by atoms with Crippen molar-refractivity contribution in [3.05, 3.63) is 76.2 Å². The highest BCUT2D eigenvalue weighted by atomic mass is 35.5. The predicted octanol–water partition coefficient (Wildman–Crippen LogP) is 5.08. The molecule has 1 aliphatic rings. The number of rotatable bonds is 6. The van der Waals surface area contributed by atoms with Crippen molar-refractivity contribution in [2.75, 3.05) is 20.3 Å². The third kappa shape index (κ3) is 3.80. The monoisotopic (exact) mass is 437 g/mol. The van der Waals surface area contributed by atoms with Crippen LogP contribution in [0.15, 0.2) is 70.0 Å². The Hall–Kier alpha value is -3.22. The summed E-state index contributed by atoms with van der Waals surface area (Å²) in [5, 5.41) is 1.14. The minimum atomic E-state index is -0.181. The van der Waals surface area contributed by atoms with Crippen molar-refractivity contribution in [3.63, 3.8) is 0 Å². The molecular weight excluding hydrogens is 418 g/mol. The maximum absolute atomic E-state index is 13.2. The first-order valence-corrected chi connectivity index (χ1v) is 10.3. The second kappa shape index (κ2) is 8.13. The van der Waals surface area contributed by atoms with Gasteiger partial charge in [0.15, 0.2) is 11.5 Å². The van der Waals surface area contributed by atoms with Gasteiger partial charge in [0.05, 0.1) is 24.3 Å². The summed E-state index contributed by atoms with van der Waals surface area (Å²) in [5.74, 6) is 1.78. The van der Waals surface area contributed by atoms with Crippen LogP contribution in [0.3, 0.4) is 0 Å². The molecule has 6 nitrogen and oxygen atoms in total. The van der Waals surface area contributed by atoms with Gasteiger partial charge in [-0.15, -0.1) is 0 Å². The summed E-state index contributed by atoms with van der Waals surface area (Å²) in [6.07, 6.45) is 2.82. The second-order valence-electron chi connectivity index (χ2n) is 7.31. The van der Waals surface area contributed by atoms with E-state index in [0.29, 0.717) is 45.5 Å². The zero-order chi connectivity index (χ0) is 21.4. The van der Waals surface area contributed by atoms with Crippen molar-refractivity contribution < 1.29 is 18.6 Å². The van der Waals surface area contributed by atoms with Crippen LogP contribution in [0.5, 0.6) is 11.5 Å². The Morgan fingerprint density at radius 2 is 1.90 bits per heavy atom. The Morgan fingerprint density at radius 1 is 1.10 bits per heavy atom. The van der Waals surface area contributed by atoms with Crippen molar-refractivity contribution >= 4 is 22.6 Å². The van der Waals surface area contributed by atoms with Crippen LogP contribution in [-0.2, 0) is 4.74 Å². The number of furan rings is 1. The maximum Gasteiger partial charge on any atom is 0.266 e. The van der Waals surface area contributed by atoms with Gasteiger partial charge in [0.25, 0.3) is 5.56 Å². The summed E-state index contributed by atoms with van der Waals surface area (Å²) in [4.78, 5) is 13.2. The number of ether oxygens (including phenoxy) is 3. The fourth-order valence-corrected chi connectivity index (χ4v) is 3.65. The van der Waals surface area contributed by atoms with E-state index in [1.54, 1.807) is 54.3 Å². The minimum Gasteiger partial charge on any atom is -0.493 e. The minimum absolute atomic E-state index is 0.130. The number of benzene rings is 2. The average molecular weight is 438 g/mol. The summed E-state index contributed by atoms with van der Waals surface area (Å²) < 4.78 is 24.1. The van der Waals surface area contributed by atoms with Crippen LogP contribution in [0.25, 0.3) is 28.0 Å². The van der Waals surface area contributed by atoms with E-state index in [2.05, 4.69) is 0 Å². The van der Waals surface area contributed by atoms with E-state index in [9.17, 15) is 4.79 Å². The number of hydrogen-bond acceptors (Lipinski definition) is 5. The van der Waals surface area contributed by atoms with Crippen molar-refractivity contribution in [3.8, 4) is 28.5 Å². The van der Waals surface area contributed by atoms with E-state index >= 15 is 0 Å². The molecule has 0 bridgehead atoms. The standard InChI is InChI=1S/C24H20ClNO5/c1-28-23-12-17(6-7-21(23)30-14-18-9-11-29-18)26-10-8-20-19(24(26)27)13-22(31-20)15-2-4-16(25)5-3-15/h2-8,10,12-13,18H,9,11,14H2,1H3. The molecule has 31 heavy (non-hydrogen) atoms. The molecule has 1 saturated heterocycles. The lowest BCUT2D eigenvalue weighted by atomic mass is 10.1. The molecule has 4 aromatic rings. The largest absolute Gasteiger partial charge is 0.493 e. The zero-order valence-corrected chi connectivity index (χ0v) is 17.6. The molecule has 1 atom stereocenters. The molecule has 0 spiro atoms. The topological polar surface area (TPSA) is 62.8 Å². The third-order valence-electron chi connectivity index (χ3n) is 5.36. The van der Waals surface area contributed by atoms with Crippen LogP contribution >= 0.6 is 11.6 Å². The van der Waals surface area contributed by atoms with Gasteiger partial charge in [-0.1, -0.05) is 11.6 Å². The van der Waals surface area contributed by atoms with E-state index in [1.165, 1.54) is 0 Å². The van der Waals surface area contributed by atoms with Gasteiger partial charge >= 0.3 is 0 Å². The molecule has 0 saturated carbocycles. The van der Waals surface area contributed by atoms with E-state index in [1.807, 2.05) is 18.2 Å². The van der Waals surface area contributed by atoms with Gasteiger partial charge in [-0.25, -0.2) is 0 Å². The Kier molecular flexibility index (Phi) is 5.18. The highest BCUT2D eigenvalue weighted by Gasteiger charge is 2.20.